The zero-order valence-corrected chi connectivity index (χ0v) is 21.3. The topological polar surface area (TPSA) is 116 Å². The van der Waals surface area contributed by atoms with Crippen LogP contribution in [0.4, 0.5) is 0 Å². The number of benzene rings is 1. The van der Waals surface area contributed by atoms with Crippen molar-refractivity contribution in [2.45, 2.75) is 52.6 Å². The van der Waals surface area contributed by atoms with Gasteiger partial charge in [-0.2, -0.15) is 5.26 Å². The molecule has 3 N–H and O–H groups in total. The molecule has 1 aromatic rings. The number of carbonyl (C=O) groups is 3. The zero-order chi connectivity index (χ0) is 25.2. The Bertz CT molecular complexity index is 1090. The molecule has 2 heterocycles. The molecule has 0 radical (unpaired) electrons. The molecule has 7 nitrogen and oxygen atoms in total. The molecule has 0 aliphatic carbocycles. The van der Waals surface area contributed by atoms with Crippen LogP contribution in [0.2, 0.25) is 0 Å². The molecule has 1 fully saturated rings. The number of nitrogens with one attached hydrogen (secondary N) is 1. The van der Waals surface area contributed by atoms with E-state index in [0.29, 0.717) is 19.4 Å². The normalized spacial score (nSPS) is 25.6. The molecule has 0 saturated carbocycles. The van der Waals surface area contributed by atoms with Gasteiger partial charge in [0.05, 0.1) is 6.04 Å². The van der Waals surface area contributed by atoms with Gasteiger partial charge in [0.25, 0.3) is 0 Å². The summed E-state index contributed by atoms with van der Waals surface area (Å²) >= 11 is 0. The van der Waals surface area contributed by atoms with Gasteiger partial charge in [-0.3, -0.25) is 14.4 Å². The van der Waals surface area contributed by atoms with E-state index in [0.717, 1.165) is 22.2 Å². The fraction of sp³-hybridized carbons (Fsp3) is 0.462. The number of nitrogens with two attached hydrogens (primary N) is 1. The molecule has 1 aromatic carbocycles. The molecule has 1 saturated heterocycles. The molecule has 34 heavy (non-hydrogen) atoms. The number of rotatable bonds is 8. The van der Waals surface area contributed by atoms with Gasteiger partial charge in [-0.25, -0.2) is 0 Å². The monoisotopic (exact) mass is 482 g/mol. The number of hydrogen-bond acceptors (Lipinski definition) is 5. The number of hydrogen-bond donors (Lipinski definition) is 2. The minimum Gasteiger partial charge on any atom is -0.404 e. The summed E-state index contributed by atoms with van der Waals surface area (Å²) in [6.07, 6.45) is 5.66. The summed E-state index contributed by atoms with van der Waals surface area (Å²) in [7, 11) is -1.39. The molecule has 4 atom stereocenters. The van der Waals surface area contributed by atoms with Crippen LogP contribution in [0.3, 0.4) is 0 Å². The van der Waals surface area contributed by atoms with Crippen LogP contribution in [0.5, 0.6) is 0 Å². The zero-order valence-electron chi connectivity index (χ0n) is 20.5. The second-order valence-electron chi connectivity index (χ2n) is 9.42. The lowest BCUT2D eigenvalue weighted by molar-refractivity contribution is -0.146. The van der Waals surface area contributed by atoms with E-state index in [9.17, 15) is 19.6 Å². The highest BCUT2D eigenvalue weighted by Gasteiger charge is 2.43. The van der Waals surface area contributed by atoms with Gasteiger partial charge in [-0.1, -0.05) is 38.1 Å². The van der Waals surface area contributed by atoms with Crippen molar-refractivity contribution >= 4 is 32.5 Å². The highest BCUT2D eigenvalue weighted by atomic mass is 32.3. The Morgan fingerprint density at radius 1 is 1.24 bits per heavy atom. The van der Waals surface area contributed by atoms with E-state index in [1.165, 1.54) is 11.0 Å². The summed E-state index contributed by atoms with van der Waals surface area (Å²) in [5.41, 5.74) is 7.36. The number of amides is 2. The first kappa shape index (κ1) is 25.6. The highest BCUT2D eigenvalue weighted by Crippen LogP contribution is 2.78. The molecule has 4 unspecified atom stereocenters. The molecule has 2 aliphatic heterocycles. The average Bonchev–Trinajstić information content (AvgIpc) is 3.13. The maximum atomic E-state index is 13.2. The van der Waals surface area contributed by atoms with E-state index in [4.69, 9.17) is 5.73 Å². The molecule has 3 rings (SSSR count). The molecular weight excluding hydrogens is 448 g/mol. The van der Waals surface area contributed by atoms with Crippen molar-refractivity contribution in [1.82, 2.24) is 10.2 Å². The van der Waals surface area contributed by atoms with Gasteiger partial charge in [0.2, 0.25) is 11.8 Å². The van der Waals surface area contributed by atoms with Crippen LogP contribution in [0.25, 0.3) is 4.91 Å². The summed E-state index contributed by atoms with van der Waals surface area (Å²) in [5, 5.41) is 14.9. The molecule has 0 aromatic heterocycles. The Kier molecular flexibility index (Phi) is 7.57. The summed E-state index contributed by atoms with van der Waals surface area (Å²) < 4.78 is 0. The van der Waals surface area contributed by atoms with E-state index >= 15 is 0 Å². The Balaban J connectivity index is 1.68. The van der Waals surface area contributed by atoms with Gasteiger partial charge in [0, 0.05) is 11.4 Å². The number of nitriles is 1. The van der Waals surface area contributed by atoms with Gasteiger partial charge in [0.15, 0.2) is 5.78 Å². The third-order valence-electron chi connectivity index (χ3n) is 6.85. The first-order chi connectivity index (χ1) is 16.1. The van der Waals surface area contributed by atoms with Crippen molar-refractivity contribution in [2.24, 2.45) is 17.6 Å². The van der Waals surface area contributed by atoms with Crippen LogP contribution in [0.1, 0.15) is 57.7 Å². The predicted molar refractivity (Wildman–Crippen MR) is 136 cm³/mol. The van der Waals surface area contributed by atoms with Gasteiger partial charge in [-0.05, 0) is 67.2 Å². The van der Waals surface area contributed by atoms with Crippen LogP contribution >= 0.6 is 10.0 Å². The van der Waals surface area contributed by atoms with Crippen molar-refractivity contribution in [3.05, 3.63) is 52.6 Å². The van der Waals surface area contributed by atoms with E-state index in [2.05, 4.69) is 10.7 Å². The number of carbonyl (C=O) groups excluding carboxylic acids is 3. The van der Waals surface area contributed by atoms with E-state index < -0.39 is 22.0 Å². The maximum Gasteiger partial charge on any atom is 0.243 e. The Morgan fingerprint density at radius 2 is 1.88 bits per heavy atom. The Hall–Kier alpha value is -3.05. The minimum absolute atomic E-state index is 0.201. The number of nitrogens with zero attached hydrogens (tertiary/aromatic N) is 2. The van der Waals surface area contributed by atoms with E-state index in [-0.39, 0.29) is 29.6 Å². The third-order valence-corrected chi connectivity index (χ3v) is 9.80. The van der Waals surface area contributed by atoms with Crippen LogP contribution < -0.4 is 11.1 Å². The predicted octanol–water partition coefficient (Wildman–Crippen LogP) is 3.79. The SMILES string of the molecule is CC1=C(c2ccc(C(C)NC(=O)C3CCCN3C(=O)C(C(=O)/C=C\N)C(C)C)cc2)S1(C)C#N. The first-order valence-corrected chi connectivity index (χ1v) is 13.6. The quantitative estimate of drug-likeness (QED) is 0.332. The number of ketones is 1. The molecule has 8 heteroatoms. The lowest BCUT2D eigenvalue weighted by atomic mass is 9.89. The van der Waals surface area contributed by atoms with Gasteiger partial charge < -0.3 is 16.0 Å². The van der Waals surface area contributed by atoms with Gasteiger partial charge in [0.1, 0.15) is 17.4 Å². The second kappa shape index (κ2) is 10.1. The maximum absolute atomic E-state index is 13.2. The Morgan fingerprint density at radius 3 is 2.41 bits per heavy atom. The molecule has 0 bridgehead atoms. The van der Waals surface area contributed by atoms with Crippen LogP contribution in [0.15, 0.2) is 41.4 Å². The molecule has 2 amide bonds. The fourth-order valence-corrected chi connectivity index (χ4v) is 6.87. The van der Waals surface area contributed by atoms with E-state index in [1.54, 1.807) is 4.90 Å². The molecular formula is C26H34N4O3S. The lowest BCUT2D eigenvalue weighted by Crippen LogP contribution is -2.50. The van der Waals surface area contributed by atoms with Crippen molar-refractivity contribution in [3.63, 3.8) is 0 Å². The van der Waals surface area contributed by atoms with Crippen molar-refractivity contribution in [1.29, 1.82) is 5.26 Å². The van der Waals surface area contributed by atoms with Gasteiger partial charge >= 0.3 is 0 Å². The molecule has 0 spiro atoms. The van der Waals surface area contributed by atoms with Crippen molar-refractivity contribution < 1.29 is 14.4 Å². The standard InChI is InChI=1S/C26H34N4O3S/c1-16(2)23(22(31)12-13-27)26(33)30-14-6-7-21(30)25(32)29-17(3)19-8-10-20(11-9-19)24-18(4)34(24,5)15-28/h8-13,16-17,21,23H,6-7,14,27H2,1-5H3,(H,29,32)/b13-12-. The summed E-state index contributed by atoms with van der Waals surface area (Å²) in [6.45, 7) is 8.02. The van der Waals surface area contributed by atoms with Crippen LogP contribution in [-0.2, 0) is 14.4 Å². The lowest BCUT2D eigenvalue weighted by Gasteiger charge is -2.29. The Labute approximate surface area is 203 Å². The highest BCUT2D eigenvalue weighted by molar-refractivity contribution is 8.53. The average molecular weight is 483 g/mol. The smallest absolute Gasteiger partial charge is 0.243 e. The fourth-order valence-electron chi connectivity index (χ4n) is 4.70. The number of thiocyanates is 1. The summed E-state index contributed by atoms with van der Waals surface area (Å²) in [6, 6.07) is 7.11. The van der Waals surface area contributed by atoms with Crippen molar-refractivity contribution in [3.8, 4) is 5.40 Å². The van der Waals surface area contributed by atoms with Crippen LogP contribution in [0, 0.1) is 22.5 Å². The number of allylic oxidation sites excluding steroid dienone is 2. The van der Waals surface area contributed by atoms with Crippen LogP contribution in [-0.4, -0.2) is 41.3 Å². The second-order valence-corrected chi connectivity index (χ2v) is 12.5. The summed E-state index contributed by atoms with van der Waals surface area (Å²) in [4.78, 5) is 42.7. The number of likely N-dealkylation sites (tertiary alicyclic amines) is 1. The largest absolute Gasteiger partial charge is 0.404 e. The molecule has 2 aliphatic rings. The van der Waals surface area contributed by atoms with Crippen molar-refractivity contribution in [2.75, 3.05) is 12.8 Å². The summed E-state index contributed by atoms with van der Waals surface area (Å²) in [5.74, 6) is -1.91. The van der Waals surface area contributed by atoms with E-state index in [1.807, 2.05) is 58.2 Å². The van der Waals surface area contributed by atoms with Gasteiger partial charge in [-0.15, -0.1) is 10.0 Å². The first-order valence-electron chi connectivity index (χ1n) is 11.6. The molecule has 182 valence electrons. The third kappa shape index (κ3) is 4.76. The minimum atomic E-state index is -1.39.